The molecule has 0 saturated heterocycles. The average Bonchev–Trinajstić information content (AvgIpc) is 2.00. The first kappa shape index (κ1) is 15.6. The first-order chi connectivity index (χ1) is 6.86. The Hall–Kier alpha value is -0.400. The fourth-order valence-electron chi connectivity index (χ4n) is 0.448. The Morgan fingerprint density at radius 3 is 1.81 bits per heavy atom. The summed E-state index contributed by atoms with van der Waals surface area (Å²) in [6.07, 6.45) is -4.99. The summed E-state index contributed by atoms with van der Waals surface area (Å²) in [5.74, 6) is -6.22. The molecule has 1 atom stereocenters. The van der Waals surface area contributed by atoms with Gasteiger partial charge in [0.15, 0.2) is 0 Å². The molecule has 0 heterocycles. The van der Waals surface area contributed by atoms with E-state index in [0.717, 1.165) is 0 Å². The predicted molar refractivity (Wildman–Crippen MR) is 36.9 cm³/mol. The van der Waals surface area contributed by atoms with E-state index in [1.165, 1.54) is 0 Å². The summed E-state index contributed by atoms with van der Waals surface area (Å²) in [4.78, 5) is 0. The van der Waals surface area contributed by atoms with Gasteiger partial charge in [0.05, 0.1) is 0 Å². The van der Waals surface area contributed by atoms with Crippen LogP contribution in [0.5, 0.6) is 0 Å². The molecule has 0 amide bonds. The van der Waals surface area contributed by atoms with E-state index < -0.39 is 38.9 Å². The van der Waals surface area contributed by atoms with Crippen LogP contribution in [-0.2, 0) is 21.3 Å². The molecule has 0 aromatic heterocycles. The van der Waals surface area contributed by atoms with Gasteiger partial charge in [-0.05, 0) is 0 Å². The first-order valence-electron chi connectivity index (χ1n) is 3.01. The van der Waals surface area contributed by atoms with Crippen molar-refractivity contribution in [1.82, 2.24) is 4.13 Å². The molecule has 5 nitrogen and oxygen atoms in total. The van der Waals surface area contributed by atoms with Gasteiger partial charge in [0.1, 0.15) is 0 Å². The van der Waals surface area contributed by atoms with Gasteiger partial charge in [0.2, 0.25) is 0 Å². The monoisotopic (exact) mass is 294 g/mol. The Morgan fingerprint density at radius 1 is 1.19 bits per heavy atom. The van der Waals surface area contributed by atoms with Gasteiger partial charge >= 0.3 is 17.6 Å². The maximum atomic E-state index is 12.4. The first-order valence-corrected chi connectivity index (χ1v) is 5.57. The molecule has 0 aromatic carbocycles. The van der Waals surface area contributed by atoms with E-state index in [9.17, 15) is 43.5 Å². The van der Waals surface area contributed by atoms with Crippen LogP contribution in [0, 0.1) is 0 Å². The van der Waals surface area contributed by atoms with Crippen molar-refractivity contribution < 1.29 is 43.5 Å². The van der Waals surface area contributed by atoms with Gasteiger partial charge in [0.25, 0.3) is 10.0 Å². The molecule has 16 heavy (non-hydrogen) atoms. The van der Waals surface area contributed by atoms with Crippen LogP contribution < -0.4 is 4.13 Å². The third-order valence-corrected chi connectivity index (χ3v) is 3.55. The summed E-state index contributed by atoms with van der Waals surface area (Å²) in [7, 11) is -6.49. The molecule has 0 bridgehead atoms. The quantitative estimate of drug-likeness (QED) is 0.579. The van der Waals surface area contributed by atoms with Gasteiger partial charge in [-0.1, -0.05) is 0 Å². The van der Waals surface area contributed by atoms with Crippen LogP contribution in [0.2, 0.25) is 0 Å². The minimum atomic E-state index is -6.49. The van der Waals surface area contributed by atoms with E-state index in [4.69, 9.17) is 0 Å². The van der Waals surface area contributed by atoms with Crippen molar-refractivity contribution in [2.45, 2.75) is 17.6 Å². The second-order valence-corrected chi connectivity index (χ2v) is 4.92. The molecule has 0 radical (unpaired) electrons. The largest absolute Gasteiger partial charge is 0.759 e. The van der Waals surface area contributed by atoms with E-state index in [1.54, 1.807) is 0 Å². The van der Waals surface area contributed by atoms with Crippen molar-refractivity contribution in [2.75, 3.05) is 0 Å². The molecule has 98 valence electrons. The molecule has 0 saturated carbocycles. The molecular formula is C3H2F6NO4S2-. The van der Waals surface area contributed by atoms with Gasteiger partial charge in [-0.2, -0.15) is 17.6 Å². The number of alkyl halides is 6. The number of rotatable bonds is 5. The Bertz CT molecular complexity index is 379. The highest BCUT2D eigenvalue weighted by atomic mass is 32.3. The highest BCUT2D eigenvalue weighted by Gasteiger charge is 2.70. The summed E-state index contributed by atoms with van der Waals surface area (Å²) in [5, 5.41) is -6.27. The lowest BCUT2D eigenvalue weighted by Crippen LogP contribution is -2.55. The summed E-state index contributed by atoms with van der Waals surface area (Å²) >= 11 is -3.88. The Kier molecular flexibility index (Phi) is 4.35. The standard InChI is InChI=1S/C3H3F6NO4S2/c4-1(5)2(6,7)3(8,9)16(13,14)10-15(11)12/h1,10H,(H,11,12)/p-1. The molecule has 0 aliphatic heterocycles. The van der Waals surface area contributed by atoms with Crippen molar-refractivity contribution in [3.05, 3.63) is 0 Å². The summed E-state index contributed by atoms with van der Waals surface area (Å²) in [6.45, 7) is 0. The summed E-state index contributed by atoms with van der Waals surface area (Å²) < 4.78 is 112. The van der Waals surface area contributed by atoms with Gasteiger partial charge in [-0.25, -0.2) is 17.2 Å². The number of halogens is 6. The van der Waals surface area contributed by atoms with E-state index in [0.29, 0.717) is 0 Å². The lowest BCUT2D eigenvalue weighted by atomic mass is 10.4. The highest BCUT2D eigenvalue weighted by Crippen LogP contribution is 2.42. The fourth-order valence-corrected chi connectivity index (χ4v) is 2.03. The number of sulfonamides is 1. The lowest BCUT2D eigenvalue weighted by Gasteiger charge is -2.25. The number of hydrogen-bond acceptors (Lipinski definition) is 4. The molecular weight excluding hydrogens is 292 g/mol. The van der Waals surface area contributed by atoms with Crippen molar-refractivity contribution >= 4 is 21.3 Å². The molecule has 0 rings (SSSR count). The third-order valence-electron chi connectivity index (χ3n) is 1.18. The van der Waals surface area contributed by atoms with Crippen molar-refractivity contribution in [2.24, 2.45) is 0 Å². The molecule has 0 spiro atoms. The Balaban J connectivity index is 5.44. The second kappa shape index (κ2) is 4.46. The van der Waals surface area contributed by atoms with E-state index in [2.05, 4.69) is 0 Å². The predicted octanol–water partition coefficient (Wildman–Crippen LogP) is 0.193. The summed E-state index contributed by atoms with van der Waals surface area (Å²) in [6, 6.07) is 0. The zero-order chi connectivity index (χ0) is 13.4. The normalized spacial score (nSPS) is 16.5. The third kappa shape index (κ3) is 2.64. The zero-order valence-electron chi connectivity index (χ0n) is 6.79. The van der Waals surface area contributed by atoms with E-state index in [-0.39, 0.29) is 4.13 Å². The van der Waals surface area contributed by atoms with Gasteiger partial charge in [0, 0.05) is 11.3 Å². The van der Waals surface area contributed by atoms with Crippen molar-refractivity contribution in [1.29, 1.82) is 0 Å². The number of hydrogen-bond donors (Lipinski definition) is 1. The van der Waals surface area contributed by atoms with Crippen molar-refractivity contribution in [3.63, 3.8) is 0 Å². The fraction of sp³-hybridized carbons (Fsp3) is 1.00. The van der Waals surface area contributed by atoms with Crippen LogP contribution in [0.25, 0.3) is 0 Å². The van der Waals surface area contributed by atoms with Gasteiger partial charge < -0.3 is 4.55 Å². The molecule has 1 unspecified atom stereocenters. The summed E-state index contributed by atoms with van der Waals surface area (Å²) in [5.41, 5.74) is 0. The second-order valence-electron chi connectivity index (χ2n) is 2.26. The molecule has 1 N–H and O–H groups in total. The molecule has 0 fully saturated rings. The molecule has 0 aliphatic carbocycles. The van der Waals surface area contributed by atoms with Crippen molar-refractivity contribution in [3.8, 4) is 0 Å². The minimum Gasteiger partial charge on any atom is -0.759 e. The molecule has 13 heteroatoms. The van der Waals surface area contributed by atoms with Crippen LogP contribution in [0.4, 0.5) is 26.3 Å². The van der Waals surface area contributed by atoms with E-state index >= 15 is 0 Å². The van der Waals surface area contributed by atoms with Crippen LogP contribution in [-0.4, -0.2) is 34.8 Å². The SMILES string of the molecule is O=S([O-])NS(=O)(=O)C(F)(F)C(F)(F)C(F)F. The van der Waals surface area contributed by atoms with Gasteiger partial charge in [-0.15, -0.1) is 4.13 Å². The zero-order valence-corrected chi connectivity index (χ0v) is 8.43. The average molecular weight is 294 g/mol. The lowest BCUT2D eigenvalue weighted by molar-refractivity contribution is -0.225. The number of nitrogens with one attached hydrogen (secondary N) is 1. The topological polar surface area (TPSA) is 86.3 Å². The highest BCUT2D eigenvalue weighted by molar-refractivity contribution is 8.00. The van der Waals surface area contributed by atoms with Crippen LogP contribution >= 0.6 is 0 Å². The van der Waals surface area contributed by atoms with E-state index in [1.807, 2.05) is 0 Å². The van der Waals surface area contributed by atoms with Gasteiger partial charge in [-0.3, -0.25) is 4.21 Å². The smallest absolute Gasteiger partial charge is 0.427 e. The Morgan fingerprint density at radius 2 is 1.56 bits per heavy atom. The van der Waals surface area contributed by atoms with Crippen LogP contribution in [0.15, 0.2) is 0 Å². The molecule has 0 aliphatic rings. The van der Waals surface area contributed by atoms with Crippen LogP contribution in [0.3, 0.4) is 0 Å². The Labute approximate surface area is 87.3 Å². The minimum absolute atomic E-state index is 0.0459. The molecule has 0 aromatic rings. The maximum absolute atomic E-state index is 12.4. The maximum Gasteiger partial charge on any atom is 0.427 e. The van der Waals surface area contributed by atoms with Crippen LogP contribution in [0.1, 0.15) is 0 Å².